The molecule has 3 heterocycles. The number of amides is 2. The summed E-state index contributed by atoms with van der Waals surface area (Å²) in [4.78, 5) is 18.6. The van der Waals surface area contributed by atoms with E-state index in [9.17, 15) is 4.79 Å². The Morgan fingerprint density at radius 3 is 3.00 bits per heavy atom. The maximum Gasteiger partial charge on any atom is 0.316 e. The van der Waals surface area contributed by atoms with Crippen molar-refractivity contribution in [3.05, 3.63) is 60.6 Å². The van der Waals surface area contributed by atoms with Crippen molar-refractivity contribution in [2.75, 3.05) is 5.32 Å². The van der Waals surface area contributed by atoms with E-state index in [1.807, 2.05) is 42.7 Å². The summed E-state index contributed by atoms with van der Waals surface area (Å²) in [6, 6.07) is 11.2. The van der Waals surface area contributed by atoms with Crippen molar-refractivity contribution in [3.8, 4) is 0 Å². The number of anilines is 1. The van der Waals surface area contributed by atoms with E-state index < -0.39 is 6.03 Å². The van der Waals surface area contributed by atoms with Gasteiger partial charge in [-0.1, -0.05) is 6.07 Å². The summed E-state index contributed by atoms with van der Waals surface area (Å²) >= 11 is 0. The van der Waals surface area contributed by atoms with Gasteiger partial charge in [-0.3, -0.25) is 0 Å². The molecule has 0 aliphatic carbocycles. The van der Waals surface area contributed by atoms with Gasteiger partial charge in [0, 0.05) is 35.9 Å². The highest BCUT2D eigenvalue weighted by Gasteiger charge is 2.09. The van der Waals surface area contributed by atoms with E-state index in [0.717, 1.165) is 28.5 Å². The first-order valence-corrected chi connectivity index (χ1v) is 7.27. The van der Waals surface area contributed by atoms with Crippen molar-refractivity contribution >= 4 is 33.7 Å². The van der Waals surface area contributed by atoms with Crippen LogP contribution in [-0.2, 0) is 6.54 Å². The van der Waals surface area contributed by atoms with Crippen LogP contribution in [0.2, 0.25) is 0 Å². The van der Waals surface area contributed by atoms with Gasteiger partial charge in [-0.05, 0) is 35.9 Å². The zero-order chi connectivity index (χ0) is 15.8. The van der Waals surface area contributed by atoms with Gasteiger partial charge in [0.15, 0.2) is 0 Å². The fourth-order valence-electron chi connectivity index (χ4n) is 2.93. The molecule has 0 unspecified atom stereocenters. The molecule has 2 amide bonds. The first-order valence-electron chi connectivity index (χ1n) is 7.27. The van der Waals surface area contributed by atoms with Crippen molar-refractivity contribution in [1.29, 1.82) is 0 Å². The highest BCUT2D eigenvalue weighted by Crippen LogP contribution is 2.26. The molecule has 0 spiro atoms. The van der Waals surface area contributed by atoms with Gasteiger partial charge in [0.05, 0.1) is 11.2 Å². The summed E-state index contributed by atoms with van der Waals surface area (Å²) in [7, 11) is 0. The Bertz CT molecular complexity index is 1010. The predicted octanol–water partition coefficient (Wildman–Crippen LogP) is 3.06. The lowest BCUT2D eigenvalue weighted by molar-refractivity contribution is 0.259. The Labute approximate surface area is 131 Å². The van der Waals surface area contributed by atoms with Crippen LogP contribution in [0, 0.1) is 0 Å². The molecule has 4 aromatic rings. The monoisotopic (exact) mass is 305 g/mol. The van der Waals surface area contributed by atoms with E-state index in [0.29, 0.717) is 5.69 Å². The summed E-state index contributed by atoms with van der Waals surface area (Å²) in [5.74, 6) is 0. The number of carbonyl (C=O) groups is 1. The van der Waals surface area contributed by atoms with E-state index in [1.165, 1.54) is 5.56 Å². The molecule has 3 aromatic heterocycles. The molecule has 0 bridgehead atoms. The largest absolute Gasteiger partial charge is 0.351 e. The first kappa shape index (κ1) is 13.4. The summed E-state index contributed by atoms with van der Waals surface area (Å²) in [5, 5.41) is 4.73. The van der Waals surface area contributed by atoms with Crippen molar-refractivity contribution in [2.45, 2.75) is 6.54 Å². The molecule has 4 N–H and O–H groups in total. The molecule has 0 aliphatic heterocycles. The van der Waals surface area contributed by atoms with Crippen LogP contribution in [0.25, 0.3) is 21.9 Å². The Morgan fingerprint density at radius 1 is 1.22 bits per heavy atom. The lowest BCUT2D eigenvalue weighted by Crippen LogP contribution is -2.19. The second-order valence-corrected chi connectivity index (χ2v) is 5.38. The van der Waals surface area contributed by atoms with Crippen molar-refractivity contribution in [2.24, 2.45) is 5.73 Å². The highest BCUT2D eigenvalue weighted by atomic mass is 16.2. The van der Waals surface area contributed by atoms with Crippen LogP contribution in [0.3, 0.4) is 0 Å². The number of pyridine rings is 1. The number of primary amides is 1. The van der Waals surface area contributed by atoms with E-state index in [4.69, 9.17) is 5.73 Å². The van der Waals surface area contributed by atoms with Crippen molar-refractivity contribution in [1.82, 2.24) is 14.5 Å². The number of carbonyl (C=O) groups excluding carboxylic acids is 1. The lowest BCUT2D eigenvalue weighted by atomic mass is 10.2. The third kappa shape index (κ3) is 2.30. The molecular weight excluding hydrogens is 290 g/mol. The zero-order valence-corrected chi connectivity index (χ0v) is 12.3. The molecule has 0 aliphatic rings. The van der Waals surface area contributed by atoms with Crippen LogP contribution in [0.1, 0.15) is 5.56 Å². The summed E-state index contributed by atoms with van der Waals surface area (Å²) in [5.41, 5.74) is 9.03. The molecule has 6 nitrogen and oxygen atoms in total. The standard InChI is InChI=1S/C17H15N5O/c18-17(23)21-14-4-1-5-15-13(14)6-8-22(15)10-11-9-20-16-12(11)3-2-7-19-16/h1-9H,10H2,(H,19,20)(H3,18,21,23). The number of aromatic nitrogens is 3. The maximum atomic E-state index is 11.1. The number of benzene rings is 1. The maximum absolute atomic E-state index is 11.1. The van der Waals surface area contributed by atoms with E-state index in [1.54, 1.807) is 6.20 Å². The lowest BCUT2D eigenvalue weighted by Gasteiger charge is -2.07. The quantitative estimate of drug-likeness (QED) is 0.543. The Morgan fingerprint density at radius 2 is 2.13 bits per heavy atom. The normalized spacial score (nSPS) is 11.1. The highest BCUT2D eigenvalue weighted by molar-refractivity contribution is 6.00. The van der Waals surface area contributed by atoms with Crippen LogP contribution in [0.5, 0.6) is 0 Å². The number of nitrogens with one attached hydrogen (secondary N) is 2. The third-order valence-corrected chi connectivity index (χ3v) is 3.95. The molecule has 23 heavy (non-hydrogen) atoms. The number of nitrogens with zero attached hydrogens (tertiary/aromatic N) is 2. The van der Waals surface area contributed by atoms with Gasteiger partial charge in [0.25, 0.3) is 0 Å². The zero-order valence-electron chi connectivity index (χ0n) is 12.3. The van der Waals surface area contributed by atoms with E-state index in [2.05, 4.69) is 25.9 Å². The first-order chi connectivity index (χ1) is 11.2. The van der Waals surface area contributed by atoms with Gasteiger partial charge in [-0.2, -0.15) is 0 Å². The number of hydrogen-bond acceptors (Lipinski definition) is 2. The van der Waals surface area contributed by atoms with Gasteiger partial charge in [-0.25, -0.2) is 9.78 Å². The summed E-state index contributed by atoms with van der Waals surface area (Å²) in [6.07, 6.45) is 5.76. The number of nitrogens with two attached hydrogens (primary N) is 1. The number of rotatable bonds is 3. The Hall–Kier alpha value is -3.28. The van der Waals surface area contributed by atoms with Crippen LogP contribution < -0.4 is 11.1 Å². The topological polar surface area (TPSA) is 88.7 Å². The fraction of sp³-hybridized carbons (Fsp3) is 0.0588. The summed E-state index contributed by atoms with van der Waals surface area (Å²) in [6.45, 7) is 0.717. The molecule has 0 saturated carbocycles. The third-order valence-electron chi connectivity index (χ3n) is 3.95. The molecule has 4 rings (SSSR count). The molecule has 0 radical (unpaired) electrons. The van der Waals surface area contributed by atoms with E-state index >= 15 is 0 Å². The molecular formula is C17H15N5O. The second-order valence-electron chi connectivity index (χ2n) is 5.38. The van der Waals surface area contributed by atoms with Crippen LogP contribution in [0.4, 0.5) is 10.5 Å². The minimum Gasteiger partial charge on any atom is -0.351 e. The number of fused-ring (bicyclic) bond motifs is 2. The van der Waals surface area contributed by atoms with Crippen LogP contribution in [-0.4, -0.2) is 20.6 Å². The van der Waals surface area contributed by atoms with Gasteiger partial charge in [0.2, 0.25) is 0 Å². The average molecular weight is 305 g/mol. The van der Waals surface area contributed by atoms with Gasteiger partial charge in [-0.15, -0.1) is 0 Å². The molecule has 114 valence electrons. The van der Waals surface area contributed by atoms with Crippen LogP contribution >= 0.6 is 0 Å². The molecule has 0 saturated heterocycles. The predicted molar refractivity (Wildman–Crippen MR) is 90.3 cm³/mol. The average Bonchev–Trinajstić information content (AvgIpc) is 3.13. The Kier molecular flexibility index (Phi) is 3.01. The number of aromatic amines is 1. The SMILES string of the molecule is NC(=O)Nc1cccc2c1ccn2Cc1c[nH]c2ncccc12. The van der Waals surface area contributed by atoms with Gasteiger partial charge >= 0.3 is 6.03 Å². The van der Waals surface area contributed by atoms with Gasteiger partial charge in [0.1, 0.15) is 5.65 Å². The number of hydrogen-bond donors (Lipinski definition) is 3. The van der Waals surface area contributed by atoms with Gasteiger partial charge < -0.3 is 20.6 Å². The smallest absolute Gasteiger partial charge is 0.316 e. The minimum atomic E-state index is -0.562. The summed E-state index contributed by atoms with van der Waals surface area (Å²) < 4.78 is 2.14. The molecule has 0 atom stereocenters. The van der Waals surface area contributed by atoms with E-state index in [-0.39, 0.29) is 0 Å². The Balaban J connectivity index is 1.76. The molecule has 0 fully saturated rings. The molecule has 6 heteroatoms. The molecule has 1 aromatic carbocycles. The van der Waals surface area contributed by atoms with Crippen molar-refractivity contribution in [3.63, 3.8) is 0 Å². The van der Waals surface area contributed by atoms with Crippen molar-refractivity contribution < 1.29 is 4.79 Å². The van der Waals surface area contributed by atoms with Crippen LogP contribution in [0.15, 0.2) is 55.0 Å². The number of H-pyrrole nitrogens is 1. The fourth-order valence-corrected chi connectivity index (χ4v) is 2.93. The number of urea groups is 1. The second kappa shape index (κ2) is 5.17. The minimum absolute atomic E-state index is 0.562.